The summed E-state index contributed by atoms with van der Waals surface area (Å²) in [4.78, 5) is 30.7. The van der Waals surface area contributed by atoms with Crippen LogP contribution in [0.3, 0.4) is 0 Å². The quantitative estimate of drug-likeness (QED) is 0.794. The summed E-state index contributed by atoms with van der Waals surface area (Å²) in [5.74, 6) is 0.368. The monoisotopic (exact) mass is 395 g/mol. The highest BCUT2D eigenvalue weighted by Crippen LogP contribution is 2.38. The zero-order valence-corrected chi connectivity index (χ0v) is 16.5. The van der Waals surface area contributed by atoms with Gasteiger partial charge in [-0.15, -0.1) is 23.1 Å². The van der Waals surface area contributed by atoms with Gasteiger partial charge in [0.1, 0.15) is 6.04 Å². The lowest BCUT2D eigenvalue weighted by atomic mass is 10.1. The van der Waals surface area contributed by atoms with E-state index >= 15 is 0 Å². The molecule has 1 aliphatic rings. The van der Waals surface area contributed by atoms with Crippen LogP contribution >= 0.6 is 34.7 Å². The maximum absolute atomic E-state index is 12.6. The van der Waals surface area contributed by atoms with Gasteiger partial charge in [-0.05, 0) is 32.9 Å². The fourth-order valence-electron chi connectivity index (χ4n) is 2.73. The lowest BCUT2D eigenvalue weighted by Gasteiger charge is -2.29. The van der Waals surface area contributed by atoms with Gasteiger partial charge in [0.15, 0.2) is 5.13 Å². The molecule has 2 amide bonds. The summed E-state index contributed by atoms with van der Waals surface area (Å²) in [6.07, 6.45) is 0.747. The third-order valence-electron chi connectivity index (χ3n) is 4.11. The lowest BCUT2D eigenvalue weighted by molar-refractivity contribution is -0.130. The molecule has 132 valence electrons. The summed E-state index contributed by atoms with van der Waals surface area (Å²) < 4.78 is 0. The molecule has 0 saturated carbocycles. The van der Waals surface area contributed by atoms with Crippen molar-refractivity contribution in [2.75, 3.05) is 11.1 Å². The highest BCUT2D eigenvalue weighted by Gasteiger charge is 2.43. The third-order valence-corrected chi connectivity index (χ3v) is 6.65. The van der Waals surface area contributed by atoms with E-state index in [-0.39, 0.29) is 10.8 Å². The van der Waals surface area contributed by atoms with Crippen LogP contribution < -0.4 is 5.32 Å². The minimum atomic E-state index is -0.485. The molecule has 1 aliphatic heterocycles. The Hall–Kier alpha value is -1.57. The molecule has 1 saturated heterocycles. The van der Waals surface area contributed by atoms with Crippen molar-refractivity contribution in [1.82, 2.24) is 9.88 Å². The first-order valence-electron chi connectivity index (χ1n) is 7.74. The van der Waals surface area contributed by atoms with Crippen LogP contribution in [0.4, 0.5) is 5.13 Å². The van der Waals surface area contributed by atoms with E-state index in [1.807, 2.05) is 45.0 Å². The van der Waals surface area contributed by atoms with Gasteiger partial charge in [-0.1, -0.05) is 23.7 Å². The summed E-state index contributed by atoms with van der Waals surface area (Å²) in [6.45, 7) is 5.83. The van der Waals surface area contributed by atoms with Gasteiger partial charge in [-0.25, -0.2) is 4.98 Å². The van der Waals surface area contributed by atoms with Crippen molar-refractivity contribution in [1.29, 1.82) is 0 Å². The van der Waals surface area contributed by atoms with Gasteiger partial charge in [-0.3, -0.25) is 9.59 Å². The van der Waals surface area contributed by atoms with E-state index in [0.29, 0.717) is 15.9 Å². The molecule has 5 nitrogen and oxygen atoms in total. The Bertz CT molecular complexity index is 805. The van der Waals surface area contributed by atoms with Crippen LogP contribution in [0, 0.1) is 6.92 Å². The molecule has 1 unspecified atom stereocenters. The molecule has 8 heteroatoms. The molecule has 0 bridgehead atoms. The maximum atomic E-state index is 12.6. The van der Waals surface area contributed by atoms with Crippen molar-refractivity contribution in [3.05, 3.63) is 34.2 Å². The van der Waals surface area contributed by atoms with Gasteiger partial charge < -0.3 is 10.2 Å². The predicted octanol–water partition coefficient (Wildman–Crippen LogP) is 4.02. The number of rotatable bonds is 4. The van der Waals surface area contributed by atoms with E-state index < -0.39 is 6.04 Å². The number of hydrogen-bond acceptors (Lipinski definition) is 5. The van der Waals surface area contributed by atoms with Gasteiger partial charge in [-0.2, -0.15) is 0 Å². The first kappa shape index (κ1) is 18.2. The number of nitrogens with zero attached hydrogens (tertiary/aromatic N) is 2. The van der Waals surface area contributed by atoms with Crippen molar-refractivity contribution >= 4 is 52.1 Å². The van der Waals surface area contributed by atoms with Crippen LogP contribution in [0.5, 0.6) is 0 Å². The second-order valence-electron chi connectivity index (χ2n) is 6.21. The molecule has 0 radical (unpaired) electrons. The SMILES string of the molecule is Cc1sc(NC(=O)C2CSC(C)(C)N2C=O)nc1-c1ccc(Cl)cc1. The number of thiazole rings is 1. The fraction of sp³-hybridized carbons (Fsp3) is 0.353. The van der Waals surface area contributed by atoms with Crippen molar-refractivity contribution in [3.8, 4) is 11.3 Å². The number of thioether (sulfide) groups is 1. The lowest BCUT2D eigenvalue weighted by Crippen LogP contribution is -2.47. The normalized spacial score (nSPS) is 19.0. The second kappa shape index (κ2) is 6.97. The number of carbonyl (C=O) groups excluding carboxylic acids is 2. The first-order chi connectivity index (χ1) is 11.8. The summed E-state index contributed by atoms with van der Waals surface area (Å²) >= 11 is 8.94. The molecule has 1 atom stereocenters. The number of aromatic nitrogens is 1. The molecule has 1 aromatic carbocycles. The first-order valence-corrected chi connectivity index (χ1v) is 9.92. The van der Waals surface area contributed by atoms with E-state index in [0.717, 1.165) is 22.5 Å². The van der Waals surface area contributed by atoms with Gasteiger partial charge in [0.05, 0.1) is 10.6 Å². The molecular weight excluding hydrogens is 378 g/mol. The molecule has 3 rings (SSSR count). The van der Waals surface area contributed by atoms with Gasteiger partial charge in [0, 0.05) is 21.2 Å². The number of anilines is 1. The Kier molecular flexibility index (Phi) is 5.09. The number of amides is 2. The zero-order valence-electron chi connectivity index (χ0n) is 14.1. The second-order valence-corrected chi connectivity index (χ2v) is 9.47. The summed E-state index contributed by atoms with van der Waals surface area (Å²) in [5, 5.41) is 4.06. The Morgan fingerprint density at radius 1 is 1.40 bits per heavy atom. The van der Waals surface area contributed by atoms with Crippen molar-refractivity contribution in [2.24, 2.45) is 0 Å². The smallest absolute Gasteiger partial charge is 0.249 e. The molecular formula is C17H18ClN3O2S2. The molecule has 1 aromatic heterocycles. The Balaban J connectivity index is 1.78. The topological polar surface area (TPSA) is 62.3 Å². The average molecular weight is 396 g/mol. The molecule has 0 aliphatic carbocycles. The van der Waals surface area contributed by atoms with Crippen LogP contribution in [0.15, 0.2) is 24.3 Å². The Labute approximate surface area is 159 Å². The van der Waals surface area contributed by atoms with Gasteiger partial charge >= 0.3 is 0 Å². The predicted molar refractivity (Wildman–Crippen MR) is 104 cm³/mol. The Morgan fingerprint density at radius 2 is 2.08 bits per heavy atom. The summed E-state index contributed by atoms with van der Waals surface area (Å²) in [7, 11) is 0. The minimum absolute atomic E-state index is 0.207. The molecule has 2 aromatic rings. The Morgan fingerprint density at radius 3 is 2.72 bits per heavy atom. The number of carbonyl (C=O) groups is 2. The van der Waals surface area contributed by atoms with Crippen LogP contribution in [-0.2, 0) is 9.59 Å². The molecule has 25 heavy (non-hydrogen) atoms. The number of nitrogens with one attached hydrogen (secondary N) is 1. The summed E-state index contributed by atoms with van der Waals surface area (Å²) in [5.41, 5.74) is 1.77. The van der Waals surface area contributed by atoms with Crippen molar-refractivity contribution < 1.29 is 9.59 Å². The van der Waals surface area contributed by atoms with E-state index in [1.54, 1.807) is 16.7 Å². The fourth-order valence-corrected chi connectivity index (χ4v) is 4.89. The highest BCUT2D eigenvalue weighted by atomic mass is 35.5. The van der Waals surface area contributed by atoms with Crippen molar-refractivity contribution in [2.45, 2.75) is 31.7 Å². The van der Waals surface area contributed by atoms with Crippen molar-refractivity contribution in [3.63, 3.8) is 0 Å². The molecule has 2 heterocycles. The van der Waals surface area contributed by atoms with Gasteiger partial charge in [0.25, 0.3) is 0 Å². The van der Waals surface area contributed by atoms with E-state index in [4.69, 9.17) is 11.6 Å². The number of hydrogen-bond donors (Lipinski definition) is 1. The van der Waals surface area contributed by atoms with E-state index in [1.165, 1.54) is 11.3 Å². The van der Waals surface area contributed by atoms with E-state index in [9.17, 15) is 9.59 Å². The van der Waals surface area contributed by atoms with E-state index in [2.05, 4.69) is 10.3 Å². The number of halogens is 1. The molecule has 1 N–H and O–H groups in total. The number of benzene rings is 1. The highest BCUT2D eigenvalue weighted by molar-refractivity contribution is 8.00. The molecule has 1 fully saturated rings. The standard InChI is InChI=1S/C17H18ClN3O2S2/c1-10-14(11-4-6-12(18)7-5-11)19-16(25-10)20-15(23)13-8-24-17(2,3)21(13)9-22/h4-7,9,13H,8H2,1-3H3,(H,19,20,23). The van der Waals surface area contributed by atoms with Gasteiger partial charge in [0.2, 0.25) is 12.3 Å². The van der Waals surface area contributed by atoms with Crippen LogP contribution in [0.2, 0.25) is 5.02 Å². The summed E-state index contributed by atoms with van der Waals surface area (Å²) in [6, 6.07) is 6.95. The maximum Gasteiger partial charge on any atom is 0.249 e. The minimum Gasteiger partial charge on any atom is -0.318 e. The van der Waals surface area contributed by atoms with Crippen LogP contribution in [-0.4, -0.2) is 38.9 Å². The van der Waals surface area contributed by atoms with Crippen LogP contribution in [0.25, 0.3) is 11.3 Å². The average Bonchev–Trinajstić information content (AvgIpc) is 3.07. The van der Waals surface area contributed by atoms with Crippen LogP contribution in [0.1, 0.15) is 18.7 Å². The number of aryl methyl sites for hydroxylation is 1. The molecule has 0 spiro atoms. The third kappa shape index (κ3) is 3.68. The zero-order chi connectivity index (χ0) is 18.2. The largest absolute Gasteiger partial charge is 0.318 e.